The van der Waals surface area contributed by atoms with Gasteiger partial charge in [0, 0.05) is 6.42 Å². The average Bonchev–Trinajstić information content (AvgIpc) is 2.44. The molecular formula is C14H16N2O4. The maximum Gasteiger partial charge on any atom is 0.338 e. The van der Waals surface area contributed by atoms with Gasteiger partial charge in [-0.1, -0.05) is 30.3 Å². The third kappa shape index (κ3) is 3.14. The maximum atomic E-state index is 11.9. The molecule has 2 atom stereocenters. The number of ether oxygens (including phenoxy) is 1. The average molecular weight is 276 g/mol. The third-order valence-corrected chi connectivity index (χ3v) is 2.99. The zero-order valence-electron chi connectivity index (χ0n) is 11.1. The molecule has 0 aromatic heterocycles. The number of benzene rings is 1. The number of amides is 2. The molecule has 6 heteroatoms. The Labute approximate surface area is 116 Å². The van der Waals surface area contributed by atoms with E-state index in [1.165, 1.54) is 0 Å². The number of carbonyl (C=O) groups is 3. The summed E-state index contributed by atoms with van der Waals surface area (Å²) in [6, 6.07) is 7.41. The summed E-state index contributed by atoms with van der Waals surface area (Å²) in [6.07, 6.45) is 0.383. The second-order valence-corrected chi connectivity index (χ2v) is 4.44. The summed E-state index contributed by atoms with van der Waals surface area (Å²) < 4.78 is 4.74. The van der Waals surface area contributed by atoms with Crippen molar-refractivity contribution in [1.29, 1.82) is 0 Å². The maximum absolute atomic E-state index is 11.9. The summed E-state index contributed by atoms with van der Waals surface area (Å²) in [6.45, 7) is 1.80. The molecule has 1 aromatic rings. The Morgan fingerprint density at radius 2 is 1.85 bits per heavy atom. The number of carbonyl (C=O) groups excluding carboxylic acids is 3. The van der Waals surface area contributed by atoms with Gasteiger partial charge in [0.1, 0.15) is 6.04 Å². The van der Waals surface area contributed by atoms with Gasteiger partial charge in [-0.05, 0) is 12.5 Å². The molecule has 1 aliphatic rings. The van der Waals surface area contributed by atoms with Crippen LogP contribution in [0.15, 0.2) is 30.3 Å². The van der Waals surface area contributed by atoms with E-state index in [4.69, 9.17) is 4.74 Å². The molecule has 2 rings (SSSR count). The van der Waals surface area contributed by atoms with Crippen molar-refractivity contribution < 1.29 is 19.1 Å². The minimum absolute atomic E-state index is 0.159. The lowest BCUT2D eigenvalue weighted by atomic mass is 10.0. The van der Waals surface area contributed by atoms with E-state index in [0.717, 1.165) is 5.56 Å². The third-order valence-electron chi connectivity index (χ3n) is 2.99. The topological polar surface area (TPSA) is 84.5 Å². The first kappa shape index (κ1) is 14.0. The summed E-state index contributed by atoms with van der Waals surface area (Å²) in [4.78, 5) is 35.3. The van der Waals surface area contributed by atoms with E-state index in [1.54, 1.807) is 6.92 Å². The number of esters is 1. The van der Waals surface area contributed by atoms with Gasteiger partial charge in [-0.15, -0.1) is 0 Å². The van der Waals surface area contributed by atoms with Gasteiger partial charge >= 0.3 is 5.97 Å². The fourth-order valence-electron chi connectivity index (χ4n) is 2.01. The molecule has 20 heavy (non-hydrogen) atoms. The first-order valence-electron chi connectivity index (χ1n) is 6.43. The molecule has 2 N–H and O–H groups in total. The van der Waals surface area contributed by atoms with E-state index in [1.807, 2.05) is 30.3 Å². The van der Waals surface area contributed by atoms with Gasteiger partial charge in [0.15, 0.2) is 0 Å². The molecule has 0 saturated carbocycles. The van der Waals surface area contributed by atoms with Crippen molar-refractivity contribution in [1.82, 2.24) is 10.6 Å². The zero-order valence-corrected chi connectivity index (χ0v) is 11.1. The molecule has 1 heterocycles. The molecule has 0 unspecified atom stereocenters. The minimum atomic E-state index is -1.26. The van der Waals surface area contributed by atoms with Crippen LogP contribution in [0.25, 0.3) is 0 Å². The van der Waals surface area contributed by atoms with Gasteiger partial charge in [-0.3, -0.25) is 9.59 Å². The SMILES string of the molecule is CCOC(=O)[C@H]1NC(=O)[C@@H](Cc2ccccc2)NC1=O. The minimum Gasteiger partial charge on any atom is -0.464 e. The number of hydrogen-bond acceptors (Lipinski definition) is 4. The summed E-state index contributed by atoms with van der Waals surface area (Å²) in [5.74, 6) is -1.66. The molecule has 0 bridgehead atoms. The Kier molecular flexibility index (Phi) is 4.34. The first-order chi connectivity index (χ1) is 9.61. The molecule has 6 nitrogen and oxygen atoms in total. The summed E-state index contributed by atoms with van der Waals surface area (Å²) in [5, 5.41) is 4.95. The normalized spacial score (nSPS) is 21.9. The lowest BCUT2D eigenvalue weighted by Crippen LogP contribution is -2.64. The van der Waals surface area contributed by atoms with Crippen LogP contribution < -0.4 is 10.6 Å². The van der Waals surface area contributed by atoms with Crippen LogP contribution in [-0.2, 0) is 25.5 Å². The van der Waals surface area contributed by atoms with Crippen LogP contribution in [0.3, 0.4) is 0 Å². The fourth-order valence-corrected chi connectivity index (χ4v) is 2.01. The molecule has 1 saturated heterocycles. The Morgan fingerprint density at radius 1 is 1.15 bits per heavy atom. The van der Waals surface area contributed by atoms with Crippen molar-refractivity contribution in [2.24, 2.45) is 0 Å². The quantitative estimate of drug-likeness (QED) is 0.588. The van der Waals surface area contributed by atoms with Crippen molar-refractivity contribution in [3.8, 4) is 0 Å². The predicted molar refractivity (Wildman–Crippen MR) is 70.6 cm³/mol. The Balaban J connectivity index is 2.01. The zero-order chi connectivity index (χ0) is 14.5. The number of nitrogens with one attached hydrogen (secondary N) is 2. The highest BCUT2D eigenvalue weighted by Crippen LogP contribution is 2.07. The number of rotatable bonds is 4. The standard InChI is InChI=1S/C14H16N2O4/c1-2-20-14(19)11-13(18)15-10(12(17)16-11)8-9-6-4-3-5-7-9/h3-7,10-11H,2,8H2,1H3,(H,15,18)(H,16,17)/t10-,11+/m1/s1. The molecule has 1 aliphatic heterocycles. The van der Waals surface area contributed by atoms with Crippen molar-refractivity contribution in [2.45, 2.75) is 25.4 Å². The van der Waals surface area contributed by atoms with Crippen LogP contribution in [0.1, 0.15) is 12.5 Å². The van der Waals surface area contributed by atoms with Crippen molar-refractivity contribution in [2.75, 3.05) is 6.61 Å². The van der Waals surface area contributed by atoms with Crippen molar-refractivity contribution in [3.05, 3.63) is 35.9 Å². The molecular weight excluding hydrogens is 260 g/mol. The lowest BCUT2D eigenvalue weighted by molar-refractivity contribution is -0.153. The summed E-state index contributed by atoms with van der Waals surface area (Å²) in [7, 11) is 0. The van der Waals surface area contributed by atoms with Crippen LogP contribution in [-0.4, -0.2) is 36.5 Å². The Hall–Kier alpha value is -2.37. The Morgan fingerprint density at radius 3 is 2.50 bits per heavy atom. The lowest BCUT2D eigenvalue weighted by Gasteiger charge is -2.28. The van der Waals surface area contributed by atoms with Crippen molar-refractivity contribution in [3.63, 3.8) is 0 Å². The summed E-state index contributed by atoms with van der Waals surface area (Å²) >= 11 is 0. The van der Waals surface area contributed by atoms with Crippen molar-refractivity contribution >= 4 is 17.8 Å². The van der Waals surface area contributed by atoms with Crippen LogP contribution >= 0.6 is 0 Å². The van der Waals surface area contributed by atoms with E-state index in [0.29, 0.717) is 6.42 Å². The predicted octanol–water partition coefficient (Wildman–Crippen LogP) is -0.225. The molecule has 1 aromatic carbocycles. The van der Waals surface area contributed by atoms with E-state index in [-0.39, 0.29) is 12.5 Å². The van der Waals surface area contributed by atoms with Gasteiger partial charge in [-0.2, -0.15) is 0 Å². The highest BCUT2D eigenvalue weighted by atomic mass is 16.5. The molecule has 0 spiro atoms. The van der Waals surface area contributed by atoms with E-state index < -0.39 is 24.0 Å². The molecule has 2 amide bonds. The molecule has 0 radical (unpaired) electrons. The van der Waals surface area contributed by atoms with Gasteiger partial charge in [-0.25, -0.2) is 4.79 Å². The van der Waals surface area contributed by atoms with Crippen LogP contribution in [0, 0.1) is 0 Å². The Bertz CT molecular complexity index is 515. The van der Waals surface area contributed by atoms with Crippen LogP contribution in [0.5, 0.6) is 0 Å². The van der Waals surface area contributed by atoms with Gasteiger partial charge < -0.3 is 15.4 Å². The van der Waals surface area contributed by atoms with Gasteiger partial charge in [0.25, 0.3) is 5.91 Å². The fraction of sp³-hybridized carbons (Fsp3) is 0.357. The smallest absolute Gasteiger partial charge is 0.338 e. The molecule has 106 valence electrons. The summed E-state index contributed by atoms with van der Waals surface area (Å²) in [5.41, 5.74) is 0.933. The number of piperazine rings is 1. The van der Waals surface area contributed by atoms with E-state index in [2.05, 4.69) is 10.6 Å². The van der Waals surface area contributed by atoms with E-state index >= 15 is 0 Å². The van der Waals surface area contributed by atoms with Gasteiger partial charge in [0.05, 0.1) is 6.61 Å². The van der Waals surface area contributed by atoms with Crippen LogP contribution in [0.2, 0.25) is 0 Å². The second-order valence-electron chi connectivity index (χ2n) is 4.44. The van der Waals surface area contributed by atoms with E-state index in [9.17, 15) is 14.4 Å². The van der Waals surface area contributed by atoms with Crippen LogP contribution in [0.4, 0.5) is 0 Å². The monoisotopic (exact) mass is 276 g/mol. The first-order valence-corrected chi connectivity index (χ1v) is 6.43. The number of hydrogen-bond donors (Lipinski definition) is 2. The molecule has 0 aliphatic carbocycles. The second kappa shape index (κ2) is 6.18. The largest absolute Gasteiger partial charge is 0.464 e. The van der Waals surface area contributed by atoms with Gasteiger partial charge in [0.2, 0.25) is 11.9 Å². The highest BCUT2D eigenvalue weighted by molar-refractivity contribution is 6.09. The highest BCUT2D eigenvalue weighted by Gasteiger charge is 2.38. The molecule has 1 fully saturated rings.